The molecule has 0 unspecified atom stereocenters. The summed E-state index contributed by atoms with van der Waals surface area (Å²) in [5.74, 6) is 0.607. The Bertz CT molecular complexity index is 637. The average Bonchev–Trinajstić information content (AvgIpc) is 2.56. The van der Waals surface area contributed by atoms with E-state index in [1.807, 2.05) is 12.1 Å². The standard InChI is InChI=1S/C17H20ClN3O/c1-4-21(5-2)15-9-7-14(8-10-15)19-20-16-11-6-13(18)12-17(16)22-3/h6-12H,4-5H2,1-3H3. The predicted octanol–water partition coefficient (Wildman–Crippen LogP) is 5.61. The molecule has 0 saturated heterocycles. The Morgan fingerprint density at radius 2 is 1.68 bits per heavy atom. The molecule has 2 aromatic carbocycles. The first-order chi connectivity index (χ1) is 10.7. The lowest BCUT2D eigenvalue weighted by Crippen LogP contribution is -2.21. The van der Waals surface area contributed by atoms with Crippen LogP contribution in [0.2, 0.25) is 5.02 Å². The molecule has 22 heavy (non-hydrogen) atoms. The molecule has 0 bridgehead atoms. The van der Waals surface area contributed by atoms with Crippen LogP contribution in [0.1, 0.15) is 13.8 Å². The lowest BCUT2D eigenvalue weighted by molar-refractivity contribution is 0.416. The van der Waals surface area contributed by atoms with Crippen molar-refractivity contribution in [2.24, 2.45) is 10.2 Å². The van der Waals surface area contributed by atoms with E-state index in [1.165, 1.54) is 5.69 Å². The van der Waals surface area contributed by atoms with Crippen LogP contribution in [0.4, 0.5) is 17.1 Å². The summed E-state index contributed by atoms with van der Waals surface area (Å²) in [6, 6.07) is 13.3. The second-order valence-electron chi connectivity index (χ2n) is 4.70. The van der Waals surface area contributed by atoms with Gasteiger partial charge in [0.15, 0.2) is 0 Å². The fraction of sp³-hybridized carbons (Fsp3) is 0.294. The van der Waals surface area contributed by atoms with Crippen LogP contribution in [0.25, 0.3) is 0 Å². The lowest BCUT2D eigenvalue weighted by atomic mass is 10.2. The number of benzene rings is 2. The van der Waals surface area contributed by atoms with Crippen LogP contribution < -0.4 is 9.64 Å². The topological polar surface area (TPSA) is 37.2 Å². The van der Waals surface area contributed by atoms with Crippen LogP contribution in [0, 0.1) is 0 Å². The zero-order valence-electron chi connectivity index (χ0n) is 13.1. The van der Waals surface area contributed by atoms with Gasteiger partial charge in [-0.25, -0.2) is 0 Å². The summed E-state index contributed by atoms with van der Waals surface area (Å²) >= 11 is 5.93. The third kappa shape index (κ3) is 3.98. The van der Waals surface area contributed by atoms with Crippen molar-refractivity contribution in [2.45, 2.75) is 13.8 Å². The highest BCUT2D eigenvalue weighted by molar-refractivity contribution is 6.30. The first-order valence-electron chi connectivity index (χ1n) is 7.28. The van der Waals surface area contributed by atoms with Gasteiger partial charge in [-0.2, -0.15) is 5.11 Å². The van der Waals surface area contributed by atoms with Crippen molar-refractivity contribution in [3.8, 4) is 5.75 Å². The van der Waals surface area contributed by atoms with E-state index in [0.29, 0.717) is 16.5 Å². The zero-order chi connectivity index (χ0) is 15.9. The summed E-state index contributed by atoms with van der Waals surface area (Å²) < 4.78 is 5.25. The SMILES string of the molecule is CCN(CC)c1ccc(N=Nc2ccc(Cl)cc2OC)cc1. The first-order valence-corrected chi connectivity index (χ1v) is 7.66. The molecule has 0 fully saturated rings. The highest BCUT2D eigenvalue weighted by Crippen LogP contribution is 2.31. The van der Waals surface area contributed by atoms with Crippen LogP contribution in [-0.4, -0.2) is 20.2 Å². The Morgan fingerprint density at radius 3 is 2.27 bits per heavy atom. The smallest absolute Gasteiger partial charge is 0.147 e. The molecule has 2 aromatic rings. The van der Waals surface area contributed by atoms with Crippen molar-refractivity contribution in [3.05, 3.63) is 47.5 Å². The molecule has 0 saturated carbocycles. The highest BCUT2D eigenvalue weighted by atomic mass is 35.5. The molecule has 0 N–H and O–H groups in total. The third-order valence-corrected chi connectivity index (χ3v) is 3.63. The fourth-order valence-corrected chi connectivity index (χ4v) is 2.33. The number of rotatable bonds is 6. The van der Waals surface area contributed by atoms with Gasteiger partial charge in [-0.1, -0.05) is 11.6 Å². The molecular weight excluding hydrogens is 298 g/mol. The lowest BCUT2D eigenvalue weighted by Gasteiger charge is -2.20. The second-order valence-corrected chi connectivity index (χ2v) is 5.14. The molecule has 0 aliphatic carbocycles. The average molecular weight is 318 g/mol. The van der Waals surface area contributed by atoms with Crippen molar-refractivity contribution in [3.63, 3.8) is 0 Å². The minimum Gasteiger partial charge on any atom is -0.494 e. The minimum absolute atomic E-state index is 0.607. The van der Waals surface area contributed by atoms with Gasteiger partial charge in [0, 0.05) is 29.9 Å². The van der Waals surface area contributed by atoms with Crippen molar-refractivity contribution >= 4 is 28.7 Å². The van der Waals surface area contributed by atoms with Crippen LogP contribution >= 0.6 is 11.6 Å². The Hall–Kier alpha value is -2.07. The summed E-state index contributed by atoms with van der Waals surface area (Å²) in [6.45, 7) is 6.26. The van der Waals surface area contributed by atoms with Gasteiger partial charge in [0.1, 0.15) is 11.4 Å². The molecule has 5 heteroatoms. The van der Waals surface area contributed by atoms with Gasteiger partial charge in [0.2, 0.25) is 0 Å². The molecule has 0 aromatic heterocycles. The molecule has 0 heterocycles. The van der Waals surface area contributed by atoms with Crippen molar-refractivity contribution in [1.82, 2.24) is 0 Å². The van der Waals surface area contributed by atoms with Gasteiger partial charge in [-0.15, -0.1) is 5.11 Å². The maximum atomic E-state index is 5.93. The normalized spacial score (nSPS) is 10.9. The van der Waals surface area contributed by atoms with Crippen LogP contribution in [0.5, 0.6) is 5.75 Å². The maximum absolute atomic E-state index is 5.93. The van der Waals surface area contributed by atoms with Crippen LogP contribution in [0.15, 0.2) is 52.7 Å². The fourth-order valence-electron chi connectivity index (χ4n) is 2.16. The number of methoxy groups -OCH3 is 1. The van der Waals surface area contributed by atoms with Crippen molar-refractivity contribution in [2.75, 3.05) is 25.1 Å². The van der Waals surface area contributed by atoms with Gasteiger partial charge in [-0.05, 0) is 50.2 Å². The van der Waals surface area contributed by atoms with E-state index >= 15 is 0 Å². The third-order valence-electron chi connectivity index (χ3n) is 3.39. The summed E-state index contributed by atoms with van der Waals surface area (Å²) in [7, 11) is 1.59. The zero-order valence-corrected chi connectivity index (χ0v) is 13.8. The molecule has 0 aliphatic heterocycles. The molecule has 0 spiro atoms. The number of hydrogen-bond donors (Lipinski definition) is 0. The number of azo groups is 1. The first kappa shape index (κ1) is 16.3. The number of hydrogen-bond acceptors (Lipinski definition) is 4. The predicted molar refractivity (Wildman–Crippen MR) is 92.2 cm³/mol. The molecule has 0 radical (unpaired) electrons. The van der Waals surface area contributed by atoms with Gasteiger partial charge in [0.25, 0.3) is 0 Å². The van der Waals surface area contributed by atoms with E-state index in [0.717, 1.165) is 18.8 Å². The summed E-state index contributed by atoms with van der Waals surface area (Å²) in [5.41, 5.74) is 2.64. The Morgan fingerprint density at radius 1 is 1.00 bits per heavy atom. The van der Waals surface area contributed by atoms with Crippen LogP contribution in [0.3, 0.4) is 0 Å². The van der Waals surface area contributed by atoms with Gasteiger partial charge < -0.3 is 9.64 Å². The molecular formula is C17H20ClN3O. The minimum atomic E-state index is 0.607. The van der Waals surface area contributed by atoms with E-state index in [-0.39, 0.29) is 0 Å². The summed E-state index contributed by atoms with van der Waals surface area (Å²) in [5, 5.41) is 9.09. The van der Waals surface area contributed by atoms with E-state index in [4.69, 9.17) is 16.3 Å². The quantitative estimate of drug-likeness (QED) is 0.649. The van der Waals surface area contributed by atoms with Gasteiger partial charge in [0.05, 0.1) is 12.8 Å². The maximum Gasteiger partial charge on any atom is 0.147 e. The molecule has 2 rings (SSSR count). The van der Waals surface area contributed by atoms with E-state index in [2.05, 4.69) is 41.1 Å². The Balaban J connectivity index is 2.17. The summed E-state index contributed by atoms with van der Waals surface area (Å²) in [6.07, 6.45) is 0. The Labute approximate surface area is 136 Å². The van der Waals surface area contributed by atoms with E-state index in [9.17, 15) is 0 Å². The van der Waals surface area contributed by atoms with E-state index < -0.39 is 0 Å². The molecule has 116 valence electrons. The highest BCUT2D eigenvalue weighted by Gasteiger charge is 2.03. The number of nitrogens with zero attached hydrogens (tertiary/aromatic N) is 3. The molecule has 0 atom stereocenters. The summed E-state index contributed by atoms with van der Waals surface area (Å²) in [4.78, 5) is 2.28. The molecule has 0 amide bonds. The largest absolute Gasteiger partial charge is 0.494 e. The Kier molecular flexibility index (Phi) is 5.78. The van der Waals surface area contributed by atoms with Gasteiger partial charge in [-0.3, -0.25) is 0 Å². The monoisotopic (exact) mass is 317 g/mol. The molecule has 0 aliphatic rings. The number of anilines is 1. The van der Waals surface area contributed by atoms with Crippen molar-refractivity contribution < 1.29 is 4.74 Å². The van der Waals surface area contributed by atoms with Crippen LogP contribution in [-0.2, 0) is 0 Å². The van der Waals surface area contributed by atoms with Gasteiger partial charge >= 0.3 is 0 Å². The number of halogens is 1. The second kappa shape index (κ2) is 7.80. The number of ether oxygens (including phenoxy) is 1. The molecule has 4 nitrogen and oxygen atoms in total. The van der Waals surface area contributed by atoms with E-state index in [1.54, 1.807) is 25.3 Å². The van der Waals surface area contributed by atoms with Crippen molar-refractivity contribution in [1.29, 1.82) is 0 Å².